The molecule has 0 bridgehead atoms. The molecule has 108 valence electrons. The molecule has 3 nitrogen and oxygen atoms in total. The van der Waals surface area contributed by atoms with E-state index in [0.29, 0.717) is 12.1 Å². The lowest BCUT2D eigenvalue weighted by molar-refractivity contribution is 0.414. The summed E-state index contributed by atoms with van der Waals surface area (Å²) in [5, 5.41) is 8.39. The normalized spacial score (nSPS) is 18.3. The van der Waals surface area contributed by atoms with Crippen molar-refractivity contribution in [1.82, 2.24) is 15.1 Å². The number of aromatic nitrogens is 2. The second-order valence-electron chi connectivity index (χ2n) is 6.31. The smallest absolute Gasteiger partial charge is 0.0640 e. The Morgan fingerprint density at radius 3 is 2.74 bits per heavy atom. The van der Waals surface area contributed by atoms with E-state index in [0.717, 1.165) is 18.9 Å². The first-order valence-corrected chi connectivity index (χ1v) is 7.96. The molecular weight excluding hydrogens is 234 g/mol. The summed E-state index contributed by atoms with van der Waals surface area (Å²) in [5.74, 6) is 0.737. The third-order valence-electron chi connectivity index (χ3n) is 4.07. The number of hydrogen-bond donors (Lipinski definition) is 1. The van der Waals surface area contributed by atoms with Crippen LogP contribution in [0.5, 0.6) is 0 Å². The zero-order chi connectivity index (χ0) is 13.7. The first-order valence-electron chi connectivity index (χ1n) is 7.96. The highest BCUT2D eigenvalue weighted by Gasteiger charge is 2.18. The lowest BCUT2D eigenvalue weighted by atomic mass is 10.00. The van der Waals surface area contributed by atoms with Crippen molar-refractivity contribution in [2.24, 2.45) is 5.92 Å². The molecule has 1 unspecified atom stereocenters. The van der Waals surface area contributed by atoms with Crippen molar-refractivity contribution >= 4 is 0 Å². The van der Waals surface area contributed by atoms with E-state index in [1.165, 1.54) is 37.8 Å². The van der Waals surface area contributed by atoms with Crippen molar-refractivity contribution in [2.75, 3.05) is 6.54 Å². The Bertz CT molecular complexity index is 364. The zero-order valence-electron chi connectivity index (χ0n) is 12.7. The van der Waals surface area contributed by atoms with Gasteiger partial charge in [-0.25, -0.2) is 0 Å². The number of rotatable bonds is 7. The van der Waals surface area contributed by atoms with E-state index in [4.69, 9.17) is 5.10 Å². The minimum absolute atomic E-state index is 0.567. The molecule has 1 atom stereocenters. The van der Waals surface area contributed by atoms with Gasteiger partial charge in [0.2, 0.25) is 0 Å². The van der Waals surface area contributed by atoms with E-state index in [1.54, 1.807) is 0 Å². The van der Waals surface area contributed by atoms with Crippen molar-refractivity contribution in [1.29, 1.82) is 0 Å². The molecule has 1 aliphatic rings. The van der Waals surface area contributed by atoms with Crippen molar-refractivity contribution in [2.45, 2.75) is 71.4 Å². The van der Waals surface area contributed by atoms with E-state index in [1.807, 2.05) is 0 Å². The molecule has 0 aromatic carbocycles. The second-order valence-corrected chi connectivity index (χ2v) is 6.31. The largest absolute Gasteiger partial charge is 0.314 e. The van der Waals surface area contributed by atoms with Gasteiger partial charge in [0.1, 0.15) is 0 Å². The van der Waals surface area contributed by atoms with Crippen LogP contribution < -0.4 is 5.32 Å². The van der Waals surface area contributed by atoms with Crippen LogP contribution in [0.3, 0.4) is 0 Å². The summed E-state index contributed by atoms with van der Waals surface area (Å²) in [7, 11) is 0. The number of likely N-dealkylation sites (N-methyl/N-ethyl adjacent to an activating group) is 1. The number of nitrogens with zero attached hydrogens (tertiary/aromatic N) is 2. The van der Waals surface area contributed by atoms with Gasteiger partial charge in [-0.2, -0.15) is 5.10 Å². The molecule has 0 radical (unpaired) electrons. The Hall–Kier alpha value is -0.830. The molecule has 1 fully saturated rings. The van der Waals surface area contributed by atoms with Crippen molar-refractivity contribution in [3.63, 3.8) is 0 Å². The number of nitrogens with one attached hydrogen (secondary N) is 1. The van der Waals surface area contributed by atoms with Gasteiger partial charge in [-0.1, -0.05) is 33.6 Å². The summed E-state index contributed by atoms with van der Waals surface area (Å²) in [5.41, 5.74) is 1.25. The quantitative estimate of drug-likeness (QED) is 0.815. The minimum Gasteiger partial charge on any atom is -0.314 e. The summed E-state index contributed by atoms with van der Waals surface area (Å²) in [6.45, 7) is 7.81. The summed E-state index contributed by atoms with van der Waals surface area (Å²) in [6, 6.07) is 3.44. The average Bonchev–Trinajstić information content (AvgIpc) is 2.97. The van der Waals surface area contributed by atoms with E-state index in [9.17, 15) is 0 Å². The van der Waals surface area contributed by atoms with Gasteiger partial charge in [0.05, 0.1) is 11.7 Å². The Kier molecular flexibility index (Phi) is 5.44. The lowest BCUT2D eigenvalue weighted by Gasteiger charge is -2.19. The summed E-state index contributed by atoms with van der Waals surface area (Å²) < 4.78 is 2.21. The average molecular weight is 263 g/mol. The molecule has 1 aromatic rings. The summed E-state index contributed by atoms with van der Waals surface area (Å²) >= 11 is 0. The maximum Gasteiger partial charge on any atom is 0.0640 e. The van der Waals surface area contributed by atoms with E-state index < -0.39 is 0 Å². The first-order chi connectivity index (χ1) is 9.19. The van der Waals surface area contributed by atoms with Crippen molar-refractivity contribution in [3.8, 4) is 0 Å². The molecule has 1 N–H and O–H groups in total. The van der Waals surface area contributed by atoms with Gasteiger partial charge in [-0.3, -0.25) is 4.68 Å². The standard InChI is InChI=1S/C16H29N3/c1-4-17-15(11-13(2)3)12-14-9-10-19(18-14)16-7-5-6-8-16/h9-10,13,15-17H,4-8,11-12H2,1-3H3. The maximum atomic E-state index is 4.80. The maximum absolute atomic E-state index is 4.80. The molecule has 1 aromatic heterocycles. The van der Waals surface area contributed by atoms with Gasteiger partial charge < -0.3 is 5.32 Å². The Morgan fingerprint density at radius 2 is 2.11 bits per heavy atom. The Balaban J connectivity index is 1.92. The highest BCUT2D eigenvalue weighted by molar-refractivity contribution is 5.03. The van der Waals surface area contributed by atoms with Crippen LogP contribution in [0.15, 0.2) is 12.3 Å². The molecular formula is C16H29N3. The highest BCUT2D eigenvalue weighted by atomic mass is 15.3. The van der Waals surface area contributed by atoms with Crippen LogP contribution >= 0.6 is 0 Å². The SMILES string of the molecule is CCNC(Cc1ccn(C2CCCC2)n1)CC(C)C. The molecule has 0 spiro atoms. The molecule has 0 saturated heterocycles. The monoisotopic (exact) mass is 263 g/mol. The van der Waals surface area contributed by atoms with Gasteiger partial charge in [-0.15, -0.1) is 0 Å². The molecule has 2 rings (SSSR count). The van der Waals surface area contributed by atoms with Crippen LogP contribution in [0, 0.1) is 5.92 Å². The van der Waals surface area contributed by atoms with Gasteiger partial charge in [0.15, 0.2) is 0 Å². The highest BCUT2D eigenvalue weighted by Crippen LogP contribution is 2.28. The summed E-state index contributed by atoms with van der Waals surface area (Å²) in [4.78, 5) is 0. The molecule has 0 aliphatic heterocycles. The van der Waals surface area contributed by atoms with Crippen molar-refractivity contribution < 1.29 is 0 Å². The molecule has 1 heterocycles. The fraction of sp³-hybridized carbons (Fsp3) is 0.812. The number of hydrogen-bond acceptors (Lipinski definition) is 2. The van der Waals surface area contributed by atoms with Gasteiger partial charge in [-0.05, 0) is 37.8 Å². The van der Waals surface area contributed by atoms with Gasteiger partial charge >= 0.3 is 0 Å². The molecule has 1 aliphatic carbocycles. The minimum atomic E-state index is 0.567. The fourth-order valence-electron chi connectivity index (χ4n) is 3.21. The van der Waals surface area contributed by atoms with Crippen LogP contribution in [0.2, 0.25) is 0 Å². The third-order valence-corrected chi connectivity index (χ3v) is 4.07. The van der Waals surface area contributed by atoms with Gasteiger partial charge in [0.25, 0.3) is 0 Å². The first kappa shape index (κ1) is 14.6. The second kappa shape index (κ2) is 7.09. The third kappa shape index (κ3) is 4.34. The molecule has 1 saturated carbocycles. The topological polar surface area (TPSA) is 29.9 Å². The molecule has 19 heavy (non-hydrogen) atoms. The summed E-state index contributed by atoms with van der Waals surface area (Å²) in [6.07, 6.45) is 9.83. The molecule has 3 heteroatoms. The Labute approximate surface area is 117 Å². The van der Waals surface area contributed by atoms with E-state index in [2.05, 4.69) is 43.0 Å². The van der Waals surface area contributed by atoms with E-state index in [-0.39, 0.29) is 0 Å². The molecule has 0 amide bonds. The van der Waals surface area contributed by atoms with Crippen LogP contribution in [-0.4, -0.2) is 22.4 Å². The van der Waals surface area contributed by atoms with Crippen LogP contribution in [0.25, 0.3) is 0 Å². The van der Waals surface area contributed by atoms with Crippen LogP contribution in [0.4, 0.5) is 0 Å². The predicted octanol–water partition coefficient (Wildman–Crippen LogP) is 3.56. The van der Waals surface area contributed by atoms with Crippen molar-refractivity contribution in [3.05, 3.63) is 18.0 Å². The van der Waals surface area contributed by atoms with Gasteiger partial charge in [0, 0.05) is 18.7 Å². The lowest BCUT2D eigenvalue weighted by Crippen LogP contribution is -2.32. The Morgan fingerprint density at radius 1 is 1.37 bits per heavy atom. The predicted molar refractivity (Wildman–Crippen MR) is 80.4 cm³/mol. The zero-order valence-corrected chi connectivity index (χ0v) is 12.7. The van der Waals surface area contributed by atoms with Crippen LogP contribution in [-0.2, 0) is 6.42 Å². The van der Waals surface area contributed by atoms with Crippen LogP contribution in [0.1, 0.15) is 64.6 Å². The fourth-order valence-corrected chi connectivity index (χ4v) is 3.21. The van der Waals surface area contributed by atoms with E-state index >= 15 is 0 Å².